The molecule has 4 heterocycles. The van der Waals surface area contributed by atoms with E-state index in [1.807, 2.05) is 34.9 Å². The van der Waals surface area contributed by atoms with E-state index in [4.69, 9.17) is 26.1 Å². The lowest BCUT2D eigenvalue weighted by molar-refractivity contribution is 0.355. The third-order valence-electron chi connectivity index (χ3n) is 5.03. The third-order valence-corrected chi connectivity index (χ3v) is 5.34. The maximum Gasteiger partial charge on any atom is 0.215 e. The van der Waals surface area contributed by atoms with Gasteiger partial charge in [0.1, 0.15) is 11.5 Å². The molecule has 0 saturated heterocycles. The van der Waals surface area contributed by atoms with Crippen LogP contribution in [0.25, 0.3) is 28.1 Å². The lowest BCUT2D eigenvalue weighted by Crippen LogP contribution is -1.98. The molecule has 9 heteroatoms. The first-order chi connectivity index (χ1) is 15.1. The number of nitrogens with zero attached hydrogens (tertiary/aromatic N) is 4. The SMILES string of the molecule is COc1cc(Cl)c(-c2c(Cc3nc4nc(F)ccc4[nH]3)nc3ccccn23)cc1OC. The van der Waals surface area contributed by atoms with Crippen LogP contribution in [0, 0.1) is 5.95 Å². The van der Waals surface area contributed by atoms with Crippen molar-refractivity contribution in [3.05, 3.63) is 71.2 Å². The molecule has 0 aliphatic heterocycles. The maximum absolute atomic E-state index is 13.5. The van der Waals surface area contributed by atoms with Gasteiger partial charge in [-0.05, 0) is 30.3 Å². The van der Waals surface area contributed by atoms with Crippen molar-refractivity contribution in [2.24, 2.45) is 0 Å². The van der Waals surface area contributed by atoms with Crippen LogP contribution in [0.15, 0.2) is 48.7 Å². The normalized spacial score (nSPS) is 11.4. The predicted octanol–water partition coefficient (Wildman–Crippen LogP) is 4.67. The van der Waals surface area contributed by atoms with E-state index in [1.54, 1.807) is 26.4 Å². The van der Waals surface area contributed by atoms with Crippen LogP contribution in [0.1, 0.15) is 11.5 Å². The number of aromatic nitrogens is 5. The summed E-state index contributed by atoms with van der Waals surface area (Å²) in [5.74, 6) is 1.14. The minimum atomic E-state index is -0.573. The predicted molar refractivity (Wildman–Crippen MR) is 115 cm³/mol. The van der Waals surface area contributed by atoms with Crippen molar-refractivity contribution in [2.75, 3.05) is 14.2 Å². The highest BCUT2D eigenvalue weighted by Crippen LogP contribution is 2.40. The van der Waals surface area contributed by atoms with E-state index < -0.39 is 5.95 Å². The van der Waals surface area contributed by atoms with Crippen molar-refractivity contribution >= 4 is 28.4 Å². The molecule has 7 nitrogen and oxygen atoms in total. The largest absolute Gasteiger partial charge is 0.493 e. The Balaban J connectivity index is 1.68. The number of halogens is 2. The average molecular weight is 438 g/mol. The van der Waals surface area contributed by atoms with E-state index in [-0.39, 0.29) is 0 Å². The summed E-state index contributed by atoms with van der Waals surface area (Å²) < 4.78 is 26.3. The highest BCUT2D eigenvalue weighted by Gasteiger charge is 2.21. The van der Waals surface area contributed by atoms with Crippen molar-refractivity contribution in [3.8, 4) is 22.8 Å². The Morgan fingerprint density at radius 1 is 1.03 bits per heavy atom. The van der Waals surface area contributed by atoms with E-state index in [0.29, 0.717) is 39.9 Å². The smallest absolute Gasteiger partial charge is 0.215 e. The number of pyridine rings is 2. The quantitative estimate of drug-likeness (QED) is 0.404. The molecule has 4 aromatic heterocycles. The van der Waals surface area contributed by atoms with E-state index in [9.17, 15) is 4.39 Å². The fourth-order valence-electron chi connectivity index (χ4n) is 3.65. The summed E-state index contributed by atoms with van der Waals surface area (Å²) in [6.45, 7) is 0. The van der Waals surface area contributed by atoms with E-state index >= 15 is 0 Å². The second-order valence-electron chi connectivity index (χ2n) is 6.89. The number of ether oxygens (including phenoxy) is 2. The molecular weight excluding hydrogens is 421 g/mol. The number of methoxy groups -OCH3 is 2. The number of rotatable bonds is 5. The molecule has 5 rings (SSSR count). The molecule has 0 aliphatic rings. The molecule has 0 fully saturated rings. The zero-order chi connectivity index (χ0) is 21.5. The van der Waals surface area contributed by atoms with Gasteiger partial charge in [0, 0.05) is 17.8 Å². The number of hydrogen-bond acceptors (Lipinski definition) is 5. The summed E-state index contributed by atoms with van der Waals surface area (Å²) in [5.41, 5.74) is 4.04. The number of fused-ring (bicyclic) bond motifs is 2. The van der Waals surface area contributed by atoms with E-state index in [2.05, 4.69) is 15.0 Å². The van der Waals surface area contributed by atoms with Gasteiger partial charge in [-0.3, -0.25) is 4.40 Å². The van der Waals surface area contributed by atoms with Crippen molar-refractivity contribution in [2.45, 2.75) is 6.42 Å². The molecule has 0 spiro atoms. The topological polar surface area (TPSA) is 77.3 Å². The molecule has 0 radical (unpaired) electrons. The molecule has 5 aromatic rings. The summed E-state index contributed by atoms with van der Waals surface area (Å²) in [7, 11) is 3.14. The molecule has 156 valence electrons. The second-order valence-corrected chi connectivity index (χ2v) is 7.30. The fourth-order valence-corrected chi connectivity index (χ4v) is 3.89. The van der Waals surface area contributed by atoms with Crippen LogP contribution in [-0.2, 0) is 6.42 Å². The minimum absolute atomic E-state index is 0.324. The van der Waals surface area contributed by atoms with Crippen molar-refractivity contribution in [1.82, 2.24) is 24.3 Å². The highest BCUT2D eigenvalue weighted by atomic mass is 35.5. The first-order valence-corrected chi connectivity index (χ1v) is 9.84. The van der Waals surface area contributed by atoms with Crippen molar-refractivity contribution in [3.63, 3.8) is 0 Å². The van der Waals surface area contributed by atoms with Gasteiger partial charge >= 0.3 is 0 Å². The van der Waals surface area contributed by atoms with Gasteiger partial charge < -0.3 is 14.5 Å². The molecular formula is C22H17ClFN5O2. The van der Waals surface area contributed by atoms with Crippen molar-refractivity contribution < 1.29 is 13.9 Å². The molecule has 0 unspecified atom stereocenters. The Morgan fingerprint density at radius 3 is 2.65 bits per heavy atom. The molecule has 0 aliphatic carbocycles. The summed E-state index contributed by atoms with van der Waals surface area (Å²) in [6, 6.07) is 12.2. The highest BCUT2D eigenvalue weighted by molar-refractivity contribution is 6.33. The first-order valence-electron chi connectivity index (χ1n) is 9.46. The number of imidazole rings is 2. The molecule has 0 amide bonds. The van der Waals surface area contributed by atoms with Gasteiger partial charge in [0.05, 0.1) is 42.6 Å². The minimum Gasteiger partial charge on any atom is -0.493 e. The Labute approximate surface area is 181 Å². The summed E-state index contributed by atoms with van der Waals surface area (Å²) in [5, 5.41) is 0.498. The maximum atomic E-state index is 13.5. The number of aromatic amines is 1. The lowest BCUT2D eigenvalue weighted by Gasteiger charge is -2.13. The fraction of sp³-hybridized carbons (Fsp3) is 0.136. The van der Waals surface area contributed by atoms with Crippen molar-refractivity contribution in [1.29, 1.82) is 0 Å². The summed E-state index contributed by atoms with van der Waals surface area (Å²) in [4.78, 5) is 16.2. The van der Waals surface area contributed by atoms with Crippen LogP contribution >= 0.6 is 11.6 Å². The third kappa shape index (κ3) is 3.34. The zero-order valence-corrected chi connectivity index (χ0v) is 17.4. The number of hydrogen-bond donors (Lipinski definition) is 1. The molecule has 1 N–H and O–H groups in total. The van der Waals surface area contributed by atoms with E-state index in [1.165, 1.54) is 6.07 Å². The average Bonchev–Trinajstić information content (AvgIpc) is 3.33. The molecule has 0 saturated carbocycles. The summed E-state index contributed by atoms with van der Waals surface area (Å²) >= 11 is 6.63. The summed E-state index contributed by atoms with van der Waals surface area (Å²) in [6.07, 6.45) is 2.30. The standard InChI is InChI=1S/C22H17ClFN5O2/c1-30-16-9-12(13(23)10-17(16)31-2)21-15(26-20-5-3-4-8-29(20)21)11-19-25-14-6-7-18(24)27-22(14)28-19/h3-10H,11H2,1-2H3,(H,25,27,28). The van der Waals surface area contributed by atoms with Gasteiger partial charge in [-0.25, -0.2) is 9.97 Å². The van der Waals surface area contributed by atoms with Crippen LogP contribution in [0.5, 0.6) is 11.5 Å². The van der Waals surface area contributed by atoms with Gasteiger partial charge in [-0.2, -0.15) is 9.37 Å². The van der Waals surface area contributed by atoms with E-state index in [0.717, 1.165) is 22.6 Å². The number of nitrogens with one attached hydrogen (secondary N) is 1. The Kier molecular flexibility index (Phi) is 4.71. The van der Waals surface area contributed by atoms with Gasteiger partial charge in [-0.1, -0.05) is 17.7 Å². The molecule has 0 atom stereocenters. The van der Waals surface area contributed by atoms with Gasteiger partial charge in [0.25, 0.3) is 0 Å². The van der Waals surface area contributed by atoms with Crippen LogP contribution < -0.4 is 9.47 Å². The second kappa shape index (κ2) is 7.55. The van der Waals surface area contributed by atoms with Gasteiger partial charge in [-0.15, -0.1) is 0 Å². The Bertz CT molecular complexity index is 1430. The molecule has 31 heavy (non-hydrogen) atoms. The van der Waals surface area contributed by atoms with Crippen LogP contribution in [0.2, 0.25) is 5.02 Å². The molecule has 1 aromatic carbocycles. The number of benzene rings is 1. The van der Waals surface area contributed by atoms with Crippen LogP contribution in [0.3, 0.4) is 0 Å². The lowest BCUT2D eigenvalue weighted by atomic mass is 10.1. The van der Waals surface area contributed by atoms with Crippen LogP contribution in [0.4, 0.5) is 4.39 Å². The monoisotopic (exact) mass is 437 g/mol. The Morgan fingerprint density at radius 2 is 1.84 bits per heavy atom. The number of H-pyrrole nitrogens is 1. The van der Waals surface area contributed by atoms with Gasteiger partial charge in [0.2, 0.25) is 5.95 Å². The molecule has 0 bridgehead atoms. The zero-order valence-electron chi connectivity index (χ0n) is 16.7. The Hall–Kier alpha value is -3.65. The first kappa shape index (κ1) is 19.3. The van der Waals surface area contributed by atoms with Crippen LogP contribution in [-0.4, -0.2) is 38.6 Å². The van der Waals surface area contributed by atoms with Gasteiger partial charge in [0.15, 0.2) is 17.1 Å².